The third-order valence-corrected chi connectivity index (χ3v) is 4.57. The lowest BCUT2D eigenvalue weighted by Crippen LogP contribution is -2.47. The summed E-state index contributed by atoms with van der Waals surface area (Å²) in [5, 5.41) is 2.87. The highest BCUT2D eigenvalue weighted by Crippen LogP contribution is 2.21. The fraction of sp³-hybridized carbons (Fsp3) is 0.562. The normalized spacial score (nSPS) is 18.2. The minimum Gasteiger partial charge on any atom is -0.384 e. The van der Waals surface area contributed by atoms with Gasteiger partial charge in [0.2, 0.25) is 5.91 Å². The second kappa shape index (κ2) is 8.19. The molecule has 132 valence electrons. The lowest BCUT2D eigenvalue weighted by molar-refractivity contribution is -0.121. The smallest absolute Gasteiger partial charge is 0.319 e. The predicted molar refractivity (Wildman–Crippen MR) is 95.0 cm³/mol. The summed E-state index contributed by atoms with van der Waals surface area (Å²) in [6.07, 6.45) is 5.15. The molecule has 3 N–H and O–H groups in total. The first-order valence-corrected chi connectivity index (χ1v) is 8.20. The van der Waals surface area contributed by atoms with Gasteiger partial charge in [-0.2, -0.15) is 0 Å². The van der Waals surface area contributed by atoms with Crippen LogP contribution in [0.4, 0.5) is 16.3 Å². The van der Waals surface area contributed by atoms with Crippen LogP contribution in [-0.4, -0.2) is 52.9 Å². The Morgan fingerprint density at radius 2 is 1.71 bits per heavy atom. The summed E-state index contributed by atoms with van der Waals surface area (Å²) in [6.45, 7) is 3.02. The zero-order valence-electron chi connectivity index (χ0n) is 13.6. The minimum absolute atomic E-state index is 0. The molecule has 2 saturated heterocycles. The summed E-state index contributed by atoms with van der Waals surface area (Å²) in [5.41, 5.74) is 6.18. The van der Waals surface area contributed by atoms with E-state index in [1.807, 2.05) is 9.80 Å². The van der Waals surface area contributed by atoms with Crippen molar-refractivity contribution in [2.75, 3.05) is 37.2 Å². The number of nitrogens with one attached hydrogen (secondary N) is 1. The van der Waals surface area contributed by atoms with Gasteiger partial charge in [0.25, 0.3) is 0 Å². The van der Waals surface area contributed by atoms with Crippen molar-refractivity contribution < 1.29 is 9.59 Å². The highest BCUT2D eigenvalue weighted by Gasteiger charge is 2.30. The molecule has 0 unspecified atom stereocenters. The molecule has 0 bridgehead atoms. The topological polar surface area (TPSA) is 91.6 Å². The Bertz CT molecular complexity index is 566. The van der Waals surface area contributed by atoms with Crippen LogP contribution in [0.5, 0.6) is 0 Å². The molecule has 3 amide bonds. The molecule has 2 aliphatic heterocycles. The van der Waals surface area contributed by atoms with Crippen LogP contribution in [0.1, 0.15) is 25.7 Å². The molecule has 2 aliphatic rings. The van der Waals surface area contributed by atoms with Crippen LogP contribution in [0.3, 0.4) is 0 Å². The molecule has 2 fully saturated rings. The van der Waals surface area contributed by atoms with Crippen LogP contribution in [0.25, 0.3) is 0 Å². The number of anilines is 2. The number of hydrogen-bond donors (Lipinski definition) is 2. The van der Waals surface area contributed by atoms with E-state index in [9.17, 15) is 9.59 Å². The number of hydrogen-bond acceptors (Lipinski definition) is 4. The molecule has 3 rings (SSSR count). The highest BCUT2D eigenvalue weighted by atomic mass is 35.5. The Hall–Kier alpha value is -2.02. The van der Waals surface area contributed by atoms with Gasteiger partial charge in [-0.15, -0.1) is 12.4 Å². The Balaban J connectivity index is 0.00000208. The minimum atomic E-state index is -0.0600. The number of aromatic nitrogens is 1. The van der Waals surface area contributed by atoms with Crippen molar-refractivity contribution in [1.29, 1.82) is 0 Å². The maximum Gasteiger partial charge on any atom is 0.319 e. The van der Waals surface area contributed by atoms with Crippen LogP contribution in [-0.2, 0) is 4.79 Å². The third kappa shape index (κ3) is 4.29. The second-order valence-corrected chi connectivity index (χ2v) is 6.20. The van der Waals surface area contributed by atoms with Gasteiger partial charge in [0.15, 0.2) is 0 Å². The van der Waals surface area contributed by atoms with E-state index in [0.717, 1.165) is 25.9 Å². The number of piperidine rings is 1. The van der Waals surface area contributed by atoms with E-state index >= 15 is 0 Å². The summed E-state index contributed by atoms with van der Waals surface area (Å²) >= 11 is 0. The third-order valence-electron chi connectivity index (χ3n) is 4.57. The first-order valence-electron chi connectivity index (χ1n) is 8.20. The fourth-order valence-corrected chi connectivity index (χ4v) is 3.16. The van der Waals surface area contributed by atoms with Crippen molar-refractivity contribution in [2.45, 2.75) is 25.7 Å². The van der Waals surface area contributed by atoms with Crippen molar-refractivity contribution in [3.05, 3.63) is 18.3 Å². The number of likely N-dealkylation sites (tertiary alicyclic amines) is 2. The van der Waals surface area contributed by atoms with Crippen LogP contribution in [0, 0.1) is 5.92 Å². The van der Waals surface area contributed by atoms with Gasteiger partial charge in [-0.3, -0.25) is 4.79 Å². The van der Waals surface area contributed by atoms with Crippen molar-refractivity contribution in [2.24, 2.45) is 5.92 Å². The summed E-state index contributed by atoms with van der Waals surface area (Å²) in [7, 11) is 0. The molecule has 7 nitrogen and oxygen atoms in total. The van der Waals surface area contributed by atoms with Crippen LogP contribution in [0.2, 0.25) is 0 Å². The number of halogens is 1. The van der Waals surface area contributed by atoms with Crippen molar-refractivity contribution in [1.82, 2.24) is 14.8 Å². The largest absolute Gasteiger partial charge is 0.384 e. The van der Waals surface area contributed by atoms with E-state index < -0.39 is 0 Å². The Kier molecular flexibility index (Phi) is 6.25. The monoisotopic (exact) mass is 353 g/mol. The molecule has 0 aromatic carbocycles. The van der Waals surface area contributed by atoms with Gasteiger partial charge in [-0.05, 0) is 37.8 Å². The van der Waals surface area contributed by atoms with Gasteiger partial charge in [0.1, 0.15) is 5.82 Å². The molecular weight excluding hydrogens is 330 g/mol. The second-order valence-electron chi connectivity index (χ2n) is 6.20. The van der Waals surface area contributed by atoms with E-state index in [0.29, 0.717) is 37.4 Å². The summed E-state index contributed by atoms with van der Waals surface area (Å²) in [5.74, 6) is 0.358. The summed E-state index contributed by atoms with van der Waals surface area (Å²) < 4.78 is 0. The Morgan fingerprint density at radius 3 is 2.29 bits per heavy atom. The van der Waals surface area contributed by atoms with E-state index in [2.05, 4.69) is 10.3 Å². The molecule has 1 aromatic rings. The van der Waals surface area contributed by atoms with Crippen LogP contribution < -0.4 is 11.1 Å². The number of amides is 3. The molecule has 0 atom stereocenters. The molecular formula is C16H24ClN5O2. The first kappa shape index (κ1) is 18.3. The SMILES string of the molecule is Cl.Nc1ccc(NC(=O)C2CCN(C(=O)N3CCCC3)CC2)cn1. The number of carbonyl (C=O) groups is 2. The van der Waals surface area contributed by atoms with Gasteiger partial charge in [0, 0.05) is 32.1 Å². The van der Waals surface area contributed by atoms with Crippen molar-refractivity contribution >= 4 is 35.9 Å². The quantitative estimate of drug-likeness (QED) is 0.850. The Morgan fingerprint density at radius 1 is 1.08 bits per heavy atom. The Labute approximate surface area is 148 Å². The van der Waals surface area contributed by atoms with E-state index in [1.165, 1.54) is 0 Å². The molecule has 0 saturated carbocycles. The summed E-state index contributed by atoms with van der Waals surface area (Å²) in [4.78, 5) is 32.4. The number of nitrogens with zero attached hydrogens (tertiary/aromatic N) is 3. The maximum atomic E-state index is 12.3. The number of nitrogen functional groups attached to an aromatic ring is 1. The number of nitrogens with two attached hydrogens (primary N) is 1. The molecule has 1 aromatic heterocycles. The molecule has 8 heteroatoms. The van der Waals surface area contributed by atoms with Crippen LogP contribution in [0.15, 0.2) is 18.3 Å². The van der Waals surface area contributed by atoms with Crippen molar-refractivity contribution in [3.8, 4) is 0 Å². The maximum absolute atomic E-state index is 12.3. The number of urea groups is 1. The van der Waals surface area contributed by atoms with Crippen molar-refractivity contribution in [3.63, 3.8) is 0 Å². The predicted octanol–water partition coefficient (Wildman–Crippen LogP) is 1.95. The number of rotatable bonds is 2. The van der Waals surface area contributed by atoms with Gasteiger partial charge < -0.3 is 20.9 Å². The zero-order valence-corrected chi connectivity index (χ0v) is 14.4. The number of carbonyl (C=O) groups excluding carboxylic acids is 2. The van der Waals surface area contributed by atoms with E-state index in [1.54, 1.807) is 18.3 Å². The standard InChI is InChI=1S/C16H23N5O2.ClH/c17-14-4-3-13(11-18-14)19-15(22)12-5-9-21(10-6-12)16(23)20-7-1-2-8-20;/h3-4,11-12H,1-2,5-10H2,(H2,17,18)(H,19,22);1H. The lowest BCUT2D eigenvalue weighted by Gasteiger charge is -2.34. The number of pyridine rings is 1. The average molecular weight is 354 g/mol. The highest BCUT2D eigenvalue weighted by molar-refractivity contribution is 5.92. The average Bonchev–Trinajstić information content (AvgIpc) is 3.11. The van der Waals surface area contributed by atoms with Gasteiger partial charge in [-0.1, -0.05) is 0 Å². The molecule has 0 radical (unpaired) electrons. The first-order chi connectivity index (χ1) is 11.1. The van der Waals surface area contributed by atoms with Gasteiger partial charge >= 0.3 is 6.03 Å². The zero-order chi connectivity index (χ0) is 16.2. The van der Waals surface area contributed by atoms with E-state index in [4.69, 9.17) is 5.73 Å². The molecule has 0 spiro atoms. The molecule has 0 aliphatic carbocycles. The summed E-state index contributed by atoms with van der Waals surface area (Å²) in [6, 6.07) is 3.53. The lowest BCUT2D eigenvalue weighted by atomic mass is 9.96. The van der Waals surface area contributed by atoms with Gasteiger partial charge in [0.05, 0.1) is 11.9 Å². The molecule has 24 heavy (non-hydrogen) atoms. The van der Waals surface area contributed by atoms with Crippen LogP contribution >= 0.6 is 12.4 Å². The van der Waals surface area contributed by atoms with E-state index in [-0.39, 0.29) is 30.3 Å². The van der Waals surface area contributed by atoms with Gasteiger partial charge in [-0.25, -0.2) is 9.78 Å². The fourth-order valence-electron chi connectivity index (χ4n) is 3.16. The molecule has 3 heterocycles.